The summed E-state index contributed by atoms with van der Waals surface area (Å²) >= 11 is 0. The number of aromatic nitrogens is 1. The van der Waals surface area contributed by atoms with Gasteiger partial charge in [0.2, 0.25) is 0 Å². The number of piperazine rings is 1. The molecule has 1 aliphatic heterocycles. The first-order valence-electron chi connectivity index (χ1n) is 6.57. The van der Waals surface area contributed by atoms with Gasteiger partial charge in [-0.1, -0.05) is 12.1 Å². The van der Waals surface area contributed by atoms with E-state index in [1.807, 2.05) is 5.43 Å². The predicted molar refractivity (Wildman–Crippen MR) is 70.1 cm³/mol. The zero-order valence-corrected chi connectivity index (χ0v) is 11.4. The molecule has 7 heteroatoms. The molecular formula is C12H21N5O2. The Morgan fingerprint density at radius 1 is 1.63 bits per heavy atom. The molecule has 2 rings (SSSR count). The highest BCUT2D eigenvalue weighted by molar-refractivity contribution is 5.91. The number of rotatable bonds is 4. The Morgan fingerprint density at radius 2 is 2.42 bits per heavy atom. The number of nitrogens with one attached hydrogen (secondary N) is 1. The number of carbonyl (C=O) groups is 1. The molecule has 7 nitrogen and oxygen atoms in total. The van der Waals surface area contributed by atoms with E-state index in [9.17, 15) is 4.79 Å². The first-order valence-corrected chi connectivity index (χ1v) is 6.57. The van der Waals surface area contributed by atoms with Crippen LogP contribution in [0.25, 0.3) is 0 Å². The third kappa shape index (κ3) is 3.31. The Morgan fingerprint density at radius 3 is 3.05 bits per heavy atom. The van der Waals surface area contributed by atoms with Gasteiger partial charge in [0.05, 0.1) is 6.54 Å². The molecule has 1 fully saturated rings. The fourth-order valence-electron chi connectivity index (χ4n) is 2.47. The number of nitrogen functional groups attached to an aromatic ring is 1. The molecular weight excluding hydrogens is 246 g/mol. The Labute approximate surface area is 112 Å². The molecule has 1 amide bonds. The van der Waals surface area contributed by atoms with Crippen molar-refractivity contribution in [3.63, 3.8) is 0 Å². The van der Waals surface area contributed by atoms with Crippen LogP contribution in [0.4, 0.5) is 0 Å². The highest BCUT2D eigenvalue weighted by Crippen LogP contribution is 2.13. The number of amides is 1. The summed E-state index contributed by atoms with van der Waals surface area (Å²) in [4.78, 5) is 16.0. The van der Waals surface area contributed by atoms with E-state index in [1.165, 1.54) is 0 Å². The lowest BCUT2D eigenvalue weighted by Gasteiger charge is -2.38. The highest BCUT2D eigenvalue weighted by Gasteiger charge is 2.23. The third-order valence-electron chi connectivity index (χ3n) is 3.56. The van der Waals surface area contributed by atoms with Crippen LogP contribution in [0.5, 0.6) is 0 Å². The maximum absolute atomic E-state index is 11.3. The van der Waals surface area contributed by atoms with Gasteiger partial charge >= 0.3 is 0 Å². The quantitative estimate of drug-likeness (QED) is 0.446. The zero-order chi connectivity index (χ0) is 13.8. The molecule has 1 aromatic rings. The van der Waals surface area contributed by atoms with Crippen LogP contribution in [0.15, 0.2) is 10.6 Å². The number of nitrogens with two attached hydrogens (primary N) is 1. The van der Waals surface area contributed by atoms with E-state index in [0.29, 0.717) is 18.3 Å². The Hall–Kier alpha value is -1.44. The predicted octanol–water partition coefficient (Wildman–Crippen LogP) is -0.196. The second-order valence-electron chi connectivity index (χ2n) is 4.86. The maximum atomic E-state index is 11.3. The van der Waals surface area contributed by atoms with Gasteiger partial charge in [0, 0.05) is 31.7 Å². The third-order valence-corrected chi connectivity index (χ3v) is 3.56. The van der Waals surface area contributed by atoms with E-state index >= 15 is 0 Å². The van der Waals surface area contributed by atoms with Crippen molar-refractivity contribution in [1.82, 2.24) is 20.4 Å². The lowest BCUT2D eigenvalue weighted by Crippen LogP contribution is -2.51. The van der Waals surface area contributed by atoms with Gasteiger partial charge < -0.3 is 4.52 Å². The fourth-order valence-corrected chi connectivity index (χ4v) is 2.47. The van der Waals surface area contributed by atoms with Crippen molar-refractivity contribution in [3.8, 4) is 0 Å². The topological polar surface area (TPSA) is 87.6 Å². The summed E-state index contributed by atoms with van der Waals surface area (Å²) in [5.41, 5.74) is 2.26. The number of hydrogen-bond acceptors (Lipinski definition) is 6. The van der Waals surface area contributed by atoms with Gasteiger partial charge in [0.1, 0.15) is 0 Å². The molecule has 0 saturated carbocycles. The van der Waals surface area contributed by atoms with Gasteiger partial charge in [-0.25, -0.2) is 5.84 Å². The van der Waals surface area contributed by atoms with Crippen LogP contribution in [0.2, 0.25) is 0 Å². The minimum atomic E-state index is -0.431. The summed E-state index contributed by atoms with van der Waals surface area (Å²) in [6, 6.07) is 2.17. The molecule has 0 aliphatic carbocycles. The maximum Gasteiger partial charge on any atom is 0.287 e. The monoisotopic (exact) mass is 267 g/mol. The molecule has 3 N–H and O–H groups in total. The Kier molecular flexibility index (Phi) is 4.52. The molecule has 1 aromatic heterocycles. The average molecular weight is 267 g/mol. The SMILES string of the molecule is CCN1CCN(Cc2cc(C(=O)NN)no2)CC1C. The van der Waals surface area contributed by atoms with Gasteiger partial charge in [-0.15, -0.1) is 0 Å². The lowest BCUT2D eigenvalue weighted by atomic mass is 10.2. The number of hydrogen-bond donors (Lipinski definition) is 2. The van der Waals surface area contributed by atoms with Crippen LogP contribution in [-0.2, 0) is 6.54 Å². The van der Waals surface area contributed by atoms with E-state index in [2.05, 4.69) is 28.8 Å². The highest BCUT2D eigenvalue weighted by atomic mass is 16.5. The zero-order valence-electron chi connectivity index (χ0n) is 11.4. The first kappa shape index (κ1) is 14.0. The van der Waals surface area contributed by atoms with Gasteiger partial charge in [-0.3, -0.25) is 20.0 Å². The molecule has 0 radical (unpaired) electrons. The Bertz CT molecular complexity index is 434. The smallest absolute Gasteiger partial charge is 0.287 e. The summed E-state index contributed by atoms with van der Waals surface area (Å²) in [6.45, 7) is 9.21. The van der Waals surface area contributed by atoms with Gasteiger partial charge in [-0.05, 0) is 13.5 Å². The van der Waals surface area contributed by atoms with Crippen molar-refractivity contribution in [1.29, 1.82) is 0 Å². The molecule has 2 heterocycles. The summed E-state index contributed by atoms with van der Waals surface area (Å²) in [6.07, 6.45) is 0. The van der Waals surface area contributed by atoms with Crippen molar-refractivity contribution in [2.45, 2.75) is 26.4 Å². The fraction of sp³-hybridized carbons (Fsp3) is 0.667. The lowest BCUT2D eigenvalue weighted by molar-refractivity contribution is 0.0774. The molecule has 1 saturated heterocycles. The second kappa shape index (κ2) is 6.14. The number of carbonyl (C=O) groups excluding carboxylic acids is 1. The molecule has 106 valence electrons. The van der Waals surface area contributed by atoms with Gasteiger partial charge in [0.25, 0.3) is 5.91 Å². The van der Waals surface area contributed by atoms with Crippen LogP contribution in [0.3, 0.4) is 0 Å². The molecule has 1 atom stereocenters. The molecule has 0 bridgehead atoms. The number of nitrogens with zero attached hydrogens (tertiary/aromatic N) is 3. The van der Waals surface area contributed by atoms with Crippen molar-refractivity contribution in [3.05, 3.63) is 17.5 Å². The number of likely N-dealkylation sites (N-methyl/N-ethyl adjacent to an activating group) is 1. The minimum absolute atomic E-state index is 0.220. The van der Waals surface area contributed by atoms with Crippen molar-refractivity contribution >= 4 is 5.91 Å². The minimum Gasteiger partial charge on any atom is -0.359 e. The Balaban J connectivity index is 1.91. The van der Waals surface area contributed by atoms with E-state index in [-0.39, 0.29) is 5.69 Å². The average Bonchev–Trinajstić information content (AvgIpc) is 2.86. The van der Waals surface area contributed by atoms with Crippen LogP contribution in [0, 0.1) is 0 Å². The van der Waals surface area contributed by atoms with Crippen molar-refractivity contribution in [2.75, 3.05) is 26.2 Å². The molecule has 0 aromatic carbocycles. The second-order valence-corrected chi connectivity index (χ2v) is 4.86. The number of hydrazine groups is 1. The summed E-state index contributed by atoms with van der Waals surface area (Å²) < 4.78 is 5.16. The summed E-state index contributed by atoms with van der Waals surface area (Å²) in [7, 11) is 0. The van der Waals surface area contributed by atoms with Crippen LogP contribution in [-0.4, -0.2) is 53.1 Å². The van der Waals surface area contributed by atoms with E-state index in [4.69, 9.17) is 10.4 Å². The standard InChI is InChI=1S/C12H21N5O2/c1-3-17-5-4-16(7-9(17)2)8-10-6-11(15-19-10)12(18)14-13/h6,9H,3-5,7-8,13H2,1-2H3,(H,14,18). The van der Waals surface area contributed by atoms with Gasteiger partial charge in [-0.2, -0.15) is 0 Å². The largest absolute Gasteiger partial charge is 0.359 e. The van der Waals surface area contributed by atoms with E-state index < -0.39 is 5.91 Å². The summed E-state index contributed by atoms with van der Waals surface area (Å²) in [5.74, 6) is 5.31. The summed E-state index contributed by atoms with van der Waals surface area (Å²) in [5, 5.41) is 3.70. The van der Waals surface area contributed by atoms with Crippen molar-refractivity contribution in [2.24, 2.45) is 5.84 Å². The molecule has 1 unspecified atom stereocenters. The molecule has 19 heavy (non-hydrogen) atoms. The van der Waals surface area contributed by atoms with E-state index in [0.717, 1.165) is 26.2 Å². The molecule has 1 aliphatic rings. The normalized spacial score (nSPS) is 21.5. The van der Waals surface area contributed by atoms with Crippen LogP contribution >= 0.6 is 0 Å². The van der Waals surface area contributed by atoms with Crippen LogP contribution < -0.4 is 11.3 Å². The molecule has 0 spiro atoms. The van der Waals surface area contributed by atoms with Crippen LogP contribution in [0.1, 0.15) is 30.1 Å². The first-order chi connectivity index (χ1) is 9.13. The van der Waals surface area contributed by atoms with E-state index in [1.54, 1.807) is 6.07 Å². The van der Waals surface area contributed by atoms with Crippen molar-refractivity contribution < 1.29 is 9.32 Å². The van der Waals surface area contributed by atoms with Gasteiger partial charge in [0.15, 0.2) is 11.5 Å².